The summed E-state index contributed by atoms with van der Waals surface area (Å²) in [5.41, 5.74) is 0. The Morgan fingerprint density at radius 2 is 1.36 bits per heavy atom. The summed E-state index contributed by atoms with van der Waals surface area (Å²) < 4.78 is 83.5. The molecule has 0 radical (unpaired) electrons. The van der Waals surface area contributed by atoms with Crippen LogP contribution in [0.5, 0.6) is 0 Å². The van der Waals surface area contributed by atoms with Gasteiger partial charge in [-0.05, 0) is 0 Å². The van der Waals surface area contributed by atoms with Crippen LogP contribution in [0, 0.1) is 0 Å². The Morgan fingerprint density at radius 1 is 0.929 bits per heavy atom. The lowest BCUT2D eigenvalue weighted by molar-refractivity contribution is -0.300. The maximum absolute atomic E-state index is 12.4. The van der Waals surface area contributed by atoms with E-state index in [4.69, 9.17) is 0 Å². The lowest BCUT2D eigenvalue weighted by atomic mass is 10.1. The van der Waals surface area contributed by atoms with Crippen LogP contribution >= 0.6 is 0 Å². The van der Waals surface area contributed by atoms with Crippen molar-refractivity contribution in [2.75, 3.05) is 0 Å². The molecule has 0 amide bonds. The topological polar surface area (TPSA) is 0 Å². The summed E-state index contributed by atoms with van der Waals surface area (Å²) in [5.74, 6) is -9.47. The summed E-state index contributed by atoms with van der Waals surface area (Å²) >= 11 is 0. The first kappa shape index (κ1) is 13.2. The van der Waals surface area contributed by atoms with Crippen molar-refractivity contribution in [1.82, 2.24) is 0 Å². The molecule has 0 fully saturated rings. The predicted molar refractivity (Wildman–Crippen MR) is 35.4 cm³/mol. The molecule has 0 rings (SSSR count). The number of hydrogen-bond acceptors (Lipinski definition) is 0. The molecule has 0 spiro atoms. The van der Waals surface area contributed by atoms with Crippen LogP contribution in [0.2, 0.25) is 0 Å². The molecule has 0 bridgehead atoms. The largest absolute Gasteiger partial charge is 0.453 e. The molecule has 0 N–H and O–H groups in total. The quantitative estimate of drug-likeness (QED) is 0.503. The smallest absolute Gasteiger partial charge is 0.206 e. The van der Waals surface area contributed by atoms with Gasteiger partial charge in [-0.25, -0.2) is 8.78 Å². The standard InChI is InChI=1S/C7H7F7/c1-2-3-5(8,9)4-6(10,11)7(12,13)14/h2H,1,3-4H2. The van der Waals surface area contributed by atoms with E-state index in [1.807, 2.05) is 0 Å². The van der Waals surface area contributed by atoms with E-state index in [1.54, 1.807) is 0 Å². The highest BCUT2D eigenvalue weighted by Crippen LogP contribution is 2.43. The van der Waals surface area contributed by atoms with Crippen LogP contribution in [0.15, 0.2) is 12.7 Å². The minimum atomic E-state index is -5.95. The van der Waals surface area contributed by atoms with Gasteiger partial charge in [0, 0.05) is 6.42 Å². The van der Waals surface area contributed by atoms with Crippen LogP contribution in [0.4, 0.5) is 30.7 Å². The summed E-state index contributed by atoms with van der Waals surface area (Å²) in [6.07, 6.45) is -9.11. The van der Waals surface area contributed by atoms with Crippen LogP contribution in [0.3, 0.4) is 0 Å². The van der Waals surface area contributed by atoms with Crippen LogP contribution in [0.25, 0.3) is 0 Å². The van der Waals surface area contributed by atoms with Crippen LogP contribution in [0.1, 0.15) is 12.8 Å². The molecule has 0 aliphatic carbocycles. The highest BCUT2D eigenvalue weighted by Gasteiger charge is 2.61. The van der Waals surface area contributed by atoms with Gasteiger partial charge in [-0.3, -0.25) is 0 Å². The molecule has 0 aromatic heterocycles. The normalized spacial score (nSPS) is 14.2. The lowest BCUT2D eigenvalue weighted by Gasteiger charge is -2.24. The van der Waals surface area contributed by atoms with E-state index >= 15 is 0 Å². The number of hydrogen-bond donors (Lipinski definition) is 0. The van der Waals surface area contributed by atoms with Crippen molar-refractivity contribution in [3.8, 4) is 0 Å². The Balaban J connectivity index is 4.57. The van der Waals surface area contributed by atoms with E-state index in [-0.39, 0.29) is 0 Å². The summed E-state index contributed by atoms with van der Waals surface area (Å²) in [5, 5.41) is 0. The van der Waals surface area contributed by atoms with E-state index in [9.17, 15) is 30.7 Å². The molecular formula is C7H7F7. The second-order valence-electron chi connectivity index (χ2n) is 2.73. The highest BCUT2D eigenvalue weighted by molar-refractivity contribution is 4.87. The first-order valence-corrected chi connectivity index (χ1v) is 3.45. The molecule has 0 unspecified atom stereocenters. The minimum absolute atomic E-state index is 0.590. The zero-order valence-electron chi connectivity index (χ0n) is 6.84. The maximum Gasteiger partial charge on any atom is 0.453 e. The summed E-state index contributed by atoms with van der Waals surface area (Å²) in [4.78, 5) is 0. The van der Waals surface area contributed by atoms with Crippen molar-refractivity contribution >= 4 is 0 Å². The molecule has 0 aliphatic heterocycles. The zero-order chi connectivity index (χ0) is 11.6. The van der Waals surface area contributed by atoms with Gasteiger partial charge >= 0.3 is 12.1 Å². The third-order valence-electron chi connectivity index (χ3n) is 1.34. The second-order valence-corrected chi connectivity index (χ2v) is 2.73. The Bertz CT molecular complexity index is 203. The zero-order valence-corrected chi connectivity index (χ0v) is 6.84. The van der Waals surface area contributed by atoms with Crippen molar-refractivity contribution in [3.05, 3.63) is 12.7 Å². The summed E-state index contributed by atoms with van der Waals surface area (Å²) in [6, 6.07) is 0. The minimum Gasteiger partial charge on any atom is -0.206 e. The fourth-order valence-corrected chi connectivity index (χ4v) is 0.708. The van der Waals surface area contributed by atoms with Crippen LogP contribution in [-0.4, -0.2) is 18.0 Å². The molecule has 0 heterocycles. The van der Waals surface area contributed by atoms with Gasteiger partial charge in [0.1, 0.15) is 0 Å². The number of alkyl halides is 7. The number of halogens is 7. The summed E-state index contributed by atoms with van der Waals surface area (Å²) in [6.45, 7) is 2.83. The first-order chi connectivity index (χ1) is 6.02. The predicted octanol–water partition coefficient (Wildman–Crippen LogP) is 3.79. The molecular weight excluding hydrogens is 217 g/mol. The van der Waals surface area contributed by atoms with Gasteiger partial charge in [0.25, 0.3) is 5.92 Å². The van der Waals surface area contributed by atoms with Crippen molar-refractivity contribution in [1.29, 1.82) is 0 Å². The number of rotatable bonds is 4. The third kappa shape index (κ3) is 3.55. The fraction of sp³-hybridized carbons (Fsp3) is 0.714. The molecule has 0 nitrogen and oxygen atoms in total. The molecule has 0 aliphatic rings. The van der Waals surface area contributed by atoms with Crippen molar-refractivity contribution in [2.45, 2.75) is 30.9 Å². The molecule has 0 atom stereocenters. The SMILES string of the molecule is C=CCC(F)(F)CC(F)(F)C(F)(F)F. The average Bonchev–Trinajstić information content (AvgIpc) is 1.80. The maximum atomic E-state index is 12.4. The highest BCUT2D eigenvalue weighted by atomic mass is 19.4. The van der Waals surface area contributed by atoms with Crippen molar-refractivity contribution in [2.24, 2.45) is 0 Å². The molecule has 0 saturated carbocycles. The Kier molecular flexibility index (Phi) is 3.58. The van der Waals surface area contributed by atoms with Gasteiger partial charge in [0.05, 0.1) is 6.42 Å². The second kappa shape index (κ2) is 3.78. The van der Waals surface area contributed by atoms with E-state index < -0.39 is 30.9 Å². The van der Waals surface area contributed by atoms with Crippen LogP contribution in [-0.2, 0) is 0 Å². The van der Waals surface area contributed by atoms with E-state index in [0.717, 1.165) is 0 Å². The molecule has 84 valence electrons. The van der Waals surface area contributed by atoms with E-state index in [2.05, 4.69) is 6.58 Å². The van der Waals surface area contributed by atoms with Gasteiger partial charge in [-0.1, -0.05) is 6.08 Å². The lowest BCUT2D eigenvalue weighted by Crippen LogP contribution is -2.41. The van der Waals surface area contributed by atoms with Gasteiger partial charge in [0.15, 0.2) is 0 Å². The molecule has 14 heavy (non-hydrogen) atoms. The third-order valence-corrected chi connectivity index (χ3v) is 1.34. The Labute approximate surface area is 75.4 Å². The van der Waals surface area contributed by atoms with Crippen molar-refractivity contribution in [3.63, 3.8) is 0 Å². The molecule has 0 saturated heterocycles. The number of allylic oxidation sites excluding steroid dienone is 1. The van der Waals surface area contributed by atoms with Gasteiger partial charge in [0.2, 0.25) is 0 Å². The van der Waals surface area contributed by atoms with Crippen molar-refractivity contribution < 1.29 is 30.7 Å². The molecule has 0 aromatic rings. The van der Waals surface area contributed by atoms with E-state index in [1.165, 1.54) is 0 Å². The fourth-order valence-electron chi connectivity index (χ4n) is 0.708. The van der Waals surface area contributed by atoms with E-state index in [0.29, 0.717) is 6.08 Å². The molecule has 7 heteroatoms. The van der Waals surface area contributed by atoms with Gasteiger partial charge < -0.3 is 0 Å². The average molecular weight is 224 g/mol. The Hall–Kier alpha value is -0.750. The van der Waals surface area contributed by atoms with Gasteiger partial charge in [-0.2, -0.15) is 22.0 Å². The monoisotopic (exact) mass is 224 g/mol. The first-order valence-electron chi connectivity index (χ1n) is 3.45. The Morgan fingerprint density at radius 3 is 1.64 bits per heavy atom. The molecule has 0 aromatic carbocycles. The van der Waals surface area contributed by atoms with Crippen LogP contribution < -0.4 is 0 Å². The van der Waals surface area contributed by atoms with Gasteiger partial charge in [-0.15, -0.1) is 6.58 Å². The summed E-state index contributed by atoms with van der Waals surface area (Å²) in [7, 11) is 0.